The number of nitrogens with zero attached hydrogens (tertiary/aromatic N) is 3. The molecule has 0 amide bonds. The van der Waals surface area contributed by atoms with E-state index in [1.165, 1.54) is 6.33 Å². The molecule has 20 heavy (non-hydrogen) atoms. The summed E-state index contributed by atoms with van der Waals surface area (Å²) in [5.41, 5.74) is 7.05. The van der Waals surface area contributed by atoms with Crippen LogP contribution in [-0.2, 0) is 0 Å². The largest absolute Gasteiger partial charge is 0.378 e. The third-order valence-electron chi connectivity index (χ3n) is 2.85. The molecule has 0 atom stereocenters. The highest BCUT2D eigenvalue weighted by molar-refractivity contribution is 5.72. The molecule has 0 fully saturated rings. The molecule has 0 radical (unpaired) electrons. The van der Waals surface area contributed by atoms with E-state index in [1.54, 1.807) is 0 Å². The number of nitro groups is 1. The van der Waals surface area contributed by atoms with Crippen LogP contribution in [0, 0.1) is 10.1 Å². The van der Waals surface area contributed by atoms with Crippen LogP contribution in [0.25, 0.3) is 0 Å². The summed E-state index contributed by atoms with van der Waals surface area (Å²) in [6, 6.07) is 7.62. The van der Waals surface area contributed by atoms with Gasteiger partial charge in [-0.15, -0.1) is 0 Å². The zero-order valence-electron chi connectivity index (χ0n) is 11.2. The van der Waals surface area contributed by atoms with Gasteiger partial charge in [0, 0.05) is 5.69 Å². The standard InChI is InChI=1S/C13H15N5O2/c1-8(2)9-4-3-5-10(6-9)17-13-11(18(19)20)12(14)15-7-16-13/h3-8H,1-2H3,(H3,14,15,16,17). The third kappa shape index (κ3) is 2.82. The van der Waals surface area contributed by atoms with Crippen LogP contribution >= 0.6 is 0 Å². The molecular formula is C13H15N5O2. The van der Waals surface area contributed by atoms with Crippen LogP contribution in [0.2, 0.25) is 0 Å². The lowest BCUT2D eigenvalue weighted by atomic mass is 10.0. The Bertz CT molecular complexity index is 642. The molecule has 0 unspecified atom stereocenters. The second-order valence-corrected chi connectivity index (χ2v) is 4.62. The Hall–Kier alpha value is -2.70. The van der Waals surface area contributed by atoms with E-state index in [9.17, 15) is 10.1 Å². The number of benzene rings is 1. The van der Waals surface area contributed by atoms with Gasteiger partial charge in [0.1, 0.15) is 6.33 Å². The summed E-state index contributed by atoms with van der Waals surface area (Å²) in [5.74, 6) is 0.290. The Morgan fingerprint density at radius 2 is 2.10 bits per heavy atom. The van der Waals surface area contributed by atoms with E-state index in [-0.39, 0.29) is 17.3 Å². The quantitative estimate of drug-likeness (QED) is 0.655. The molecule has 2 rings (SSSR count). The molecule has 1 heterocycles. The van der Waals surface area contributed by atoms with E-state index in [2.05, 4.69) is 29.1 Å². The van der Waals surface area contributed by atoms with Gasteiger partial charge in [0.2, 0.25) is 11.6 Å². The van der Waals surface area contributed by atoms with E-state index < -0.39 is 4.92 Å². The van der Waals surface area contributed by atoms with Crippen LogP contribution in [0.5, 0.6) is 0 Å². The van der Waals surface area contributed by atoms with Gasteiger partial charge in [-0.2, -0.15) is 0 Å². The predicted molar refractivity (Wildman–Crippen MR) is 76.9 cm³/mol. The summed E-state index contributed by atoms with van der Waals surface area (Å²) in [7, 11) is 0. The van der Waals surface area contributed by atoms with Crippen LogP contribution in [0.4, 0.5) is 23.0 Å². The summed E-state index contributed by atoms with van der Waals surface area (Å²) in [6.07, 6.45) is 1.19. The molecule has 0 aliphatic heterocycles. The maximum absolute atomic E-state index is 11.0. The summed E-state index contributed by atoms with van der Waals surface area (Å²) < 4.78 is 0. The Morgan fingerprint density at radius 1 is 1.35 bits per heavy atom. The Kier molecular flexibility index (Phi) is 3.79. The zero-order valence-corrected chi connectivity index (χ0v) is 11.2. The summed E-state index contributed by atoms with van der Waals surface area (Å²) >= 11 is 0. The van der Waals surface area contributed by atoms with Crippen molar-refractivity contribution >= 4 is 23.0 Å². The predicted octanol–water partition coefficient (Wildman–Crippen LogP) is 2.83. The number of rotatable bonds is 4. The Balaban J connectivity index is 2.38. The van der Waals surface area contributed by atoms with Gasteiger partial charge in [0.25, 0.3) is 0 Å². The number of hydrogen-bond acceptors (Lipinski definition) is 6. The van der Waals surface area contributed by atoms with Gasteiger partial charge in [0.15, 0.2) is 0 Å². The number of aromatic nitrogens is 2. The molecule has 0 saturated carbocycles. The van der Waals surface area contributed by atoms with Gasteiger partial charge in [-0.25, -0.2) is 9.97 Å². The summed E-state index contributed by atoms with van der Waals surface area (Å²) in [5, 5.41) is 13.9. The average Bonchev–Trinajstić information content (AvgIpc) is 2.38. The fourth-order valence-electron chi connectivity index (χ4n) is 1.78. The fourth-order valence-corrected chi connectivity index (χ4v) is 1.78. The van der Waals surface area contributed by atoms with Crippen LogP contribution < -0.4 is 11.1 Å². The Labute approximate surface area is 116 Å². The molecule has 0 aliphatic rings. The first-order chi connectivity index (χ1) is 9.49. The van der Waals surface area contributed by atoms with Crippen molar-refractivity contribution in [3.8, 4) is 0 Å². The normalized spacial score (nSPS) is 10.6. The SMILES string of the molecule is CC(C)c1cccc(Nc2ncnc(N)c2[N+](=O)[O-])c1. The van der Waals surface area contributed by atoms with Crippen molar-refractivity contribution in [2.24, 2.45) is 0 Å². The van der Waals surface area contributed by atoms with Crippen LogP contribution in [0.1, 0.15) is 25.3 Å². The van der Waals surface area contributed by atoms with Gasteiger partial charge < -0.3 is 11.1 Å². The van der Waals surface area contributed by atoms with Crippen molar-refractivity contribution in [3.05, 3.63) is 46.3 Å². The number of nitrogens with one attached hydrogen (secondary N) is 1. The minimum atomic E-state index is -0.593. The molecule has 0 saturated heterocycles. The van der Waals surface area contributed by atoms with E-state index in [0.717, 1.165) is 11.3 Å². The van der Waals surface area contributed by atoms with Crippen molar-refractivity contribution < 1.29 is 4.92 Å². The molecule has 0 aliphatic carbocycles. The minimum absolute atomic E-state index is 0.0865. The second-order valence-electron chi connectivity index (χ2n) is 4.62. The molecule has 0 spiro atoms. The van der Waals surface area contributed by atoms with Gasteiger partial charge in [-0.1, -0.05) is 26.0 Å². The number of nitrogens with two attached hydrogens (primary N) is 1. The third-order valence-corrected chi connectivity index (χ3v) is 2.85. The van der Waals surface area contributed by atoms with Crippen molar-refractivity contribution in [1.29, 1.82) is 0 Å². The van der Waals surface area contributed by atoms with Crippen molar-refractivity contribution in [2.45, 2.75) is 19.8 Å². The number of hydrogen-bond donors (Lipinski definition) is 2. The molecule has 7 nitrogen and oxygen atoms in total. The van der Waals surface area contributed by atoms with Crippen molar-refractivity contribution in [3.63, 3.8) is 0 Å². The number of nitrogen functional groups attached to an aromatic ring is 1. The Morgan fingerprint density at radius 3 is 2.75 bits per heavy atom. The second kappa shape index (κ2) is 5.52. The molecule has 104 valence electrons. The van der Waals surface area contributed by atoms with E-state index in [0.29, 0.717) is 5.92 Å². The van der Waals surface area contributed by atoms with E-state index >= 15 is 0 Å². The molecule has 1 aromatic carbocycles. The topological polar surface area (TPSA) is 107 Å². The van der Waals surface area contributed by atoms with Crippen LogP contribution in [-0.4, -0.2) is 14.9 Å². The maximum Gasteiger partial charge on any atom is 0.353 e. The van der Waals surface area contributed by atoms with Crippen LogP contribution in [0.15, 0.2) is 30.6 Å². The van der Waals surface area contributed by atoms with E-state index in [1.807, 2.05) is 24.3 Å². The molecule has 0 bridgehead atoms. The molecule has 3 N–H and O–H groups in total. The lowest BCUT2D eigenvalue weighted by Crippen LogP contribution is -2.05. The van der Waals surface area contributed by atoms with Gasteiger partial charge >= 0.3 is 5.69 Å². The first-order valence-corrected chi connectivity index (χ1v) is 6.11. The van der Waals surface area contributed by atoms with Gasteiger partial charge in [-0.3, -0.25) is 10.1 Å². The zero-order chi connectivity index (χ0) is 14.7. The summed E-state index contributed by atoms with van der Waals surface area (Å²) in [6.45, 7) is 4.15. The fraction of sp³-hybridized carbons (Fsp3) is 0.231. The van der Waals surface area contributed by atoms with Crippen molar-refractivity contribution in [2.75, 3.05) is 11.1 Å². The molecule has 2 aromatic rings. The smallest absolute Gasteiger partial charge is 0.353 e. The van der Waals surface area contributed by atoms with Crippen molar-refractivity contribution in [1.82, 2.24) is 9.97 Å². The lowest BCUT2D eigenvalue weighted by molar-refractivity contribution is -0.383. The molecule has 1 aromatic heterocycles. The monoisotopic (exact) mass is 273 g/mol. The first kappa shape index (κ1) is 13.7. The summed E-state index contributed by atoms with van der Waals surface area (Å²) in [4.78, 5) is 17.9. The highest BCUT2D eigenvalue weighted by atomic mass is 16.6. The molecular weight excluding hydrogens is 258 g/mol. The highest BCUT2D eigenvalue weighted by Gasteiger charge is 2.20. The minimum Gasteiger partial charge on any atom is -0.378 e. The first-order valence-electron chi connectivity index (χ1n) is 6.11. The van der Waals surface area contributed by atoms with Crippen LogP contribution in [0.3, 0.4) is 0 Å². The molecule has 7 heteroatoms. The number of anilines is 3. The van der Waals surface area contributed by atoms with Gasteiger partial charge in [-0.05, 0) is 23.6 Å². The van der Waals surface area contributed by atoms with E-state index in [4.69, 9.17) is 5.73 Å². The lowest BCUT2D eigenvalue weighted by Gasteiger charge is -2.10. The average molecular weight is 273 g/mol. The van der Waals surface area contributed by atoms with Gasteiger partial charge in [0.05, 0.1) is 4.92 Å². The maximum atomic E-state index is 11.0. The highest BCUT2D eigenvalue weighted by Crippen LogP contribution is 2.29.